The van der Waals surface area contributed by atoms with Crippen molar-refractivity contribution in [1.29, 1.82) is 0 Å². The molecule has 1 saturated heterocycles. The van der Waals surface area contributed by atoms with Crippen LogP contribution in [0.15, 0.2) is 24.3 Å². The molecule has 0 saturated carbocycles. The van der Waals surface area contributed by atoms with Gasteiger partial charge in [0.2, 0.25) is 0 Å². The first-order chi connectivity index (χ1) is 9.15. The zero-order valence-corrected chi connectivity index (χ0v) is 12.1. The summed E-state index contributed by atoms with van der Waals surface area (Å²) in [6, 6.07) is 7.43. The van der Waals surface area contributed by atoms with Crippen molar-refractivity contribution in [2.75, 3.05) is 26.7 Å². The zero-order valence-electron chi connectivity index (χ0n) is 11.4. The minimum absolute atomic E-state index is 0.369. The average Bonchev–Trinajstić information content (AvgIpc) is 2.88. The molecule has 2 rings (SSSR count). The number of ether oxygens (including phenoxy) is 1. The second kappa shape index (κ2) is 7.25. The first-order valence-electron chi connectivity index (χ1n) is 6.89. The molecule has 0 amide bonds. The van der Waals surface area contributed by atoms with E-state index in [1.807, 2.05) is 24.3 Å². The molecule has 1 aliphatic heterocycles. The Morgan fingerprint density at radius 2 is 2.37 bits per heavy atom. The molecular formula is C15H22ClNO2. The number of likely N-dealkylation sites (N-methyl/N-ethyl adjacent to an activating group) is 1. The van der Waals surface area contributed by atoms with E-state index < -0.39 is 6.10 Å². The fourth-order valence-corrected chi connectivity index (χ4v) is 2.65. The van der Waals surface area contributed by atoms with Crippen LogP contribution in [-0.4, -0.2) is 42.9 Å². The third-order valence-corrected chi connectivity index (χ3v) is 3.79. The van der Waals surface area contributed by atoms with E-state index in [-0.39, 0.29) is 0 Å². The van der Waals surface area contributed by atoms with Crippen molar-refractivity contribution in [3.8, 4) is 0 Å². The SMILES string of the molecule is CN(CCC(O)c1cccc(Cl)c1)CC1CCCO1. The van der Waals surface area contributed by atoms with Crippen molar-refractivity contribution in [1.82, 2.24) is 4.90 Å². The van der Waals surface area contributed by atoms with Crippen molar-refractivity contribution in [2.45, 2.75) is 31.5 Å². The Morgan fingerprint density at radius 3 is 3.05 bits per heavy atom. The van der Waals surface area contributed by atoms with Crippen molar-refractivity contribution in [3.05, 3.63) is 34.9 Å². The number of benzene rings is 1. The minimum Gasteiger partial charge on any atom is -0.388 e. The summed E-state index contributed by atoms with van der Waals surface area (Å²) in [5.74, 6) is 0. The van der Waals surface area contributed by atoms with E-state index >= 15 is 0 Å². The summed E-state index contributed by atoms with van der Waals surface area (Å²) in [5, 5.41) is 10.8. The van der Waals surface area contributed by atoms with Gasteiger partial charge in [-0.2, -0.15) is 0 Å². The number of hydrogen-bond acceptors (Lipinski definition) is 3. The standard InChI is InChI=1S/C15H22ClNO2/c1-17(11-14-6-3-9-19-14)8-7-15(18)12-4-2-5-13(16)10-12/h2,4-5,10,14-15,18H,3,6-9,11H2,1H3. The van der Waals surface area contributed by atoms with Crippen LogP contribution >= 0.6 is 11.6 Å². The van der Waals surface area contributed by atoms with E-state index in [0.717, 1.165) is 31.7 Å². The molecule has 0 aromatic heterocycles. The molecule has 1 fully saturated rings. The van der Waals surface area contributed by atoms with E-state index in [9.17, 15) is 5.11 Å². The van der Waals surface area contributed by atoms with Crippen LogP contribution in [0.3, 0.4) is 0 Å². The molecule has 1 aromatic carbocycles. The molecule has 4 heteroatoms. The minimum atomic E-state index is -0.453. The van der Waals surface area contributed by atoms with Crippen LogP contribution in [0.25, 0.3) is 0 Å². The topological polar surface area (TPSA) is 32.7 Å². The van der Waals surface area contributed by atoms with Gasteiger partial charge >= 0.3 is 0 Å². The van der Waals surface area contributed by atoms with Gasteiger partial charge in [0, 0.05) is 24.7 Å². The molecule has 19 heavy (non-hydrogen) atoms. The molecular weight excluding hydrogens is 262 g/mol. The summed E-state index contributed by atoms with van der Waals surface area (Å²) >= 11 is 5.93. The molecule has 1 aromatic rings. The van der Waals surface area contributed by atoms with E-state index in [4.69, 9.17) is 16.3 Å². The van der Waals surface area contributed by atoms with E-state index in [1.165, 1.54) is 6.42 Å². The Hall–Kier alpha value is -0.610. The van der Waals surface area contributed by atoms with Crippen LogP contribution in [0.1, 0.15) is 30.9 Å². The van der Waals surface area contributed by atoms with Crippen LogP contribution in [0.5, 0.6) is 0 Å². The summed E-state index contributed by atoms with van der Waals surface area (Å²) < 4.78 is 5.61. The molecule has 1 aliphatic rings. The molecule has 0 spiro atoms. The lowest BCUT2D eigenvalue weighted by atomic mass is 10.1. The molecule has 0 aliphatic carbocycles. The summed E-state index contributed by atoms with van der Waals surface area (Å²) in [6.07, 6.45) is 2.95. The summed E-state index contributed by atoms with van der Waals surface area (Å²) in [6.45, 7) is 2.69. The Morgan fingerprint density at radius 1 is 1.53 bits per heavy atom. The maximum atomic E-state index is 10.1. The van der Waals surface area contributed by atoms with Gasteiger partial charge in [0.05, 0.1) is 12.2 Å². The highest BCUT2D eigenvalue weighted by Gasteiger charge is 2.18. The first kappa shape index (κ1) is 14.8. The van der Waals surface area contributed by atoms with Gasteiger partial charge in [0.1, 0.15) is 0 Å². The molecule has 1 N–H and O–H groups in total. The van der Waals surface area contributed by atoms with Gasteiger partial charge in [-0.15, -0.1) is 0 Å². The Balaban J connectivity index is 1.74. The fraction of sp³-hybridized carbons (Fsp3) is 0.600. The maximum Gasteiger partial charge on any atom is 0.0802 e. The van der Waals surface area contributed by atoms with Gasteiger partial charge in [-0.25, -0.2) is 0 Å². The van der Waals surface area contributed by atoms with Gasteiger partial charge in [-0.3, -0.25) is 0 Å². The third-order valence-electron chi connectivity index (χ3n) is 3.56. The van der Waals surface area contributed by atoms with Crippen molar-refractivity contribution >= 4 is 11.6 Å². The van der Waals surface area contributed by atoms with Crippen molar-refractivity contribution in [2.24, 2.45) is 0 Å². The highest BCUT2D eigenvalue weighted by Crippen LogP contribution is 2.21. The molecule has 1 heterocycles. The van der Waals surface area contributed by atoms with E-state index in [0.29, 0.717) is 17.5 Å². The highest BCUT2D eigenvalue weighted by molar-refractivity contribution is 6.30. The number of aliphatic hydroxyl groups is 1. The molecule has 2 unspecified atom stereocenters. The number of rotatable bonds is 6. The van der Waals surface area contributed by atoms with Crippen LogP contribution in [0, 0.1) is 0 Å². The van der Waals surface area contributed by atoms with E-state index in [1.54, 1.807) is 0 Å². The number of aliphatic hydroxyl groups excluding tert-OH is 1. The molecule has 0 bridgehead atoms. The predicted molar refractivity (Wildman–Crippen MR) is 77.5 cm³/mol. The van der Waals surface area contributed by atoms with Crippen molar-refractivity contribution < 1.29 is 9.84 Å². The van der Waals surface area contributed by atoms with Crippen LogP contribution < -0.4 is 0 Å². The Labute approximate surface area is 120 Å². The monoisotopic (exact) mass is 283 g/mol. The number of nitrogens with zero attached hydrogens (tertiary/aromatic N) is 1. The maximum absolute atomic E-state index is 10.1. The Kier molecular flexibility index (Phi) is 5.64. The molecule has 106 valence electrons. The van der Waals surface area contributed by atoms with Gasteiger partial charge in [-0.1, -0.05) is 23.7 Å². The van der Waals surface area contributed by atoms with Gasteiger partial charge in [0.15, 0.2) is 0 Å². The zero-order chi connectivity index (χ0) is 13.7. The summed E-state index contributed by atoms with van der Waals surface area (Å²) in [4.78, 5) is 2.23. The summed E-state index contributed by atoms with van der Waals surface area (Å²) in [7, 11) is 2.08. The molecule has 2 atom stereocenters. The van der Waals surface area contributed by atoms with Gasteiger partial charge < -0.3 is 14.7 Å². The third kappa shape index (κ3) is 4.77. The molecule has 0 radical (unpaired) electrons. The lowest BCUT2D eigenvalue weighted by Gasteiger charge is -2.22. The summed E-state index contributed by atoms with van der Waals surface area (Å²) in [5.41, 5.74) is 0.887. The van der Waals surface area contributed by atoms with Crippen LogP contribution in [-0.2, 0) is 4.74 Å². The predicted octanol–water partition coefficient (Wildman–Crippen LogP) is 2.87. The first-order valence-corrected chi connectivity index (χ1v) is 7.26. The van der Waals surface area contributed by atoms with Gasteiger partial charge in [0.25, 0.3) is 0 Å². The Bertz CT molecular complexity index is 393. The quantitative estimate of drug-likeness (QED) is 0.871. The second-order valence-electron chi connectivity index (χ2n) is 5.26. The lowest BCUT2D eigenvalue weighted by molar-refractivity contribution is 0.0740. The number of hydrogen-bond donors (Lipinski definition) is 1. The normalized spacial score (nSPS) is 20.9. The van der Waals surface area contributed by atoms with Crippen LogP contribution in [0.4, 0.5) is 0 Å². The number of halogens is 1. The highest BCUT2D eigenvalue weighted by atomic mass is 35.5. The average molecular weight is 284 g/mol. The van der Waals surface area contributed by atoms with Crippen molar-refractivity contribution in [3.63, 3.8) is 0 Å². The fourth-order valence-electron chi connectivity index (χ4n) is 2.45. The lowest BCUT2D eigenvalue weighted by Crippen LogP contribution is -2.30. The smallest absolute Gasteiger partial charge is 0.0802 e. The van der Waals surface area contributed by atoms with Crippen LogP contribution in [0.2, 0.25) is 5.02 Å². The van der Waals surface area contributed by atoms with Gasteiger partial charge in [-0.05, 0) is 44.0 Å². The second-order valence-corrected chi connectivity index (χ2v) is 5.69. The largest absolute Gasteiger partial charge is 0.388 e. The van der Waals surface area contributed by atoms with E-state index in [2.05, 4.69) is 11.9 Å². The molecule has 3 nitrogen and oxygen atoms in total.